The Kier molecular flexibility index (Phi) is 8.96. The first-order chi connectivity index (χ1) is 19.0. The van der Waals surface area contributed by atoms with Crippen LogP contribution in [0.4, 0.5) is 18.9 Å². The van der Waals surface area contributed by atoms with E-state index in [1.807, 2.05) is 24.3 Å². The van der Waals surface area contributed by atoms with Crippen LogP contribution in [0.2, 0.25) is 0 Å². The highest BCUT2D eigenvalue weighted by Crippen LogP contribution is 2.21. The first-order valence-electron chi connectivity index (χ1n) is 12.4. The molecule has 1 saturated heterocycles. The maximum absolute atomic E-state index is 12.3. The monoisotopic (exact) mass is 572 g/mol. The van der Waals surface area contributed by atoms with Crippen LogP contribution in [-0.2, 0) is 16.6 Å². The predicted molar refractivity (Wildman–Crippen MR) is 144 cm³/mol. The van der Waals surface area contributed by atoms with E-state index in [4.69, 9.17) is 0 Å². The summed E-state index contributed by atoms with van der Waals surface area (Å²) >= 11 is 0. The molecule has 1 fully saturated rings. The summed E-state index contributed by atoms with van der Waals surface area (Å²) in [6.07, 6.45) is -3.22. The number of nitrogens with zero attached hydrogens (tertiary/aromatic N) is 3. The van der Waals surface area contributed by atoms with E-state index in [9.17, 15) is 31.5 Å². The van der Waals surface area contributed by atoms with E-state index < -0.39 is 34.3 Å². The summed E-state index contributed by atoms with van der Waals surface area (Å²) in [5.41, 5.74) is 3.48. The van der Waals surface area contributed by atoms with Crippen LogP contribution in [0.1, 0.15) is 33.5 Å². The Bertz CT molecular complexity index is 1510. The molecule has 0 unspecified atom stereocenters. The van der Waals surface area contributed by atoms with Gasteiger partial charge in [-0.15, -0.1) is 0 Å². The average molecular weight is 573 g/mol. The van der Waals surface area contributed by atoms with Gasteiger partial charge in [0.05, 0.1) is 18.4 Å². The number of amides is 1. The topological polar surface area (TPSA) is 103 Å². The summed E-state index contributed by atoms with van der Waals surface area (Å²) in [6.45, 7) is 3.70. The molecule has 0 aliphatic carbocycles. The van der Waals surface area contributed by atoms with E-state index in [1.165, 1.54) is 18.3 Å². The van der Waals surface area contributed by atoms with Crippen molar-refractivity contribution in [1.29, 1.82) is 0 Å². The van der Waals surface area contributed by atoms with E-state index in [2.05, 4.69) is 26.6 Å². The van der Waals surface area contributed by atoms with Gasteiger partial charge in [0.1, 0.15) is 5.75 Å². The number of aromatic nitrogens is 1. The second-order valence-electron chi connectivity index (χ2n) is 9.26. The summed E-state index contributed by atoms with van der Waals surface area (Å²) < 4.78 is 62.3. The zero-order chi connectivity index (χ0) is 28.8. The number of alkyl halides is 3. The zero-order valence-electron chi connectivity index (χ0n) is 21.4. The zero-order valence-corrected chi connectivity index (χ0v) is 22.2. The molecule has 210 valence electrons. The van der Waals surface area contributed by atoms with Crippen molar-refractivity contribution in [2.75, 3.05) is 36.8 Å². The van der Waals surface area contributed by atoms with Crippen molar-refractivity contribution in [3.05, 3.63) is 89.2 Å². The number of hydrogen-bond acceptors (Lipinski definition) is 7. The number of carbonyl (C=O) groups excluding carboxylic acids is 1. The second-order valence-corrected chi connectivity index (χ2v) is 11.1. The van der Waals surface area contributed by atoms with Crippen LogP contribution in [0, 0.1) is 11.8 Å². The lowest BCUT2D eigenvalue weighted by Gasteiger charge is -2.36. The number of carbonyl (C=O) groups is 1. The van der Waals surface area contributed by atoms with Crippen molar-refractivity contribution in [2.45, 2.75) is 19.1 Å². The molecule has 1 amide bonds. The van der Waals surface area contributed by atoms with Crippen LogP contribution >= 0.6 is 0 Å². The van der Waals surface area contributed by atoms with Crippen LogP contribution < -0.4 is 9.62 Å². The molecule has 8 nitrogen and oxygen atoms in total. The SMILES string of the molecule is O=C(NS(=O)(=O)CCC(F)(F)F)c1ccc(N2CCN(Cc3ccccc3C#Cc3cncc(O)c3)CC2)cc1. The van der Waals surface area contributed by atoms with Gasteiger partial charge in [-0.05, 0) is 42.0 Å². The van der Waals surface area contributed by atoms with Gasteiger partial charge in [0, 0.05) is 61.3 Å². The van der Waals surface area contributed by atoms with Crippen LogP contribution in [0.3, 0.4) is 0 Å². The number of benzene rings is 2. The predicted octanol–water partition coefficient (Wildman–Crippen LogP) is 3.52. The highest BCUT2D eigenvalue weighted by atomic mass is 32.2. The van der Waals surface area contributed by atoms with E-state index in [0.717, 1.165) is 43.0 Å². The molecule has 1 aliphatic rings. The summed E-state index contributed by atoms with van der Waals surface area (Å²) in [5.74, 6) is 4.08. The standard InChI is InChI=1S/C28H27F3N4O4S/c29-28(30,31)11-16-40(38,39)33-27(37)23-7-9-25(10-8-23)35-14-12-34(13-15-35)20-24-4-2-1-3-22(24)6-5-21-17-26(36)19-32-18-21/h1-4,7-10,17-19,36H,11-16,20H2,(H,33,37). The summed E-state index contributed by atoms with van der Waals surface area (Å²) in [7, 11) is -4.40. The Morgan fingerprint density at radius 2 is 1.70 bits per heavy atom. The molecular formula is C28H27F3N4O4S. The lowest BCUT2D eigenvalue weighted by molar-refractivity contribution is -0.130. The second kappa shape index (κ2) is 12.4. The molecule has 2 aromatic carbocycles. The Morgan fingerprint density at radius 1 is 1.00 bits per heavy atom. The van der Waals surface area contributed by atoms with E-state index in [-0.39, 0.29) is 11.3 Å². The third-order valence-electron chi connectivity index (χ3n) is 6.25. The third-order valence-corrected chi connectivity index (χ3v) is 7.48. The fourth-order valence-corrected chi connectivity index (χ4v) is 5.15. The molecular weight excluding hydrogens is 545 g/mol. The minimum atomic E-state index is -4.63. The highest BCUT2D eigenvalue weighted by molar-refractivity contribution is 7.90. The van der Waals surface area contributed by atoms with E-state index in [1.54, 1.807) is 29.1 Å². The number of anilines is 1. The summed E-state index contributed by atoms with van der Waals surface area (Å²) in [4.78, 5) is 20.6. The van der Waals surface area contributed by atoms with Gasteiger partial charge in [0.25, 0.3) is 5.91 Å². The van der Waals surface area contributed by atoms with Crippen molar-refractivity contribution in [1.82, 2.24) is 14.6 Å². The van der Waals surface area contributed by atoms with Crippen LogP contribution in [0.15, 0.2) is 67.0 Å². The average Bonchev–Trinajstić information content (AvgIpc) is 2.92. The third kappa shape index (κ3) is 8.46. The smallest absolute Gasteiger partial charge is 0.390 e. The van der Waals surface area contributed by atoms with Gasteiger partial charge >= 0.3 is 6.18 Å². The maximum Gasteiger partial charge on any atom is 0.390 e. The van der Waals surface area contributed by atoms with Crippen molar-refractivity contribution >= 4 is 21.6 Å². The Morgan fingerprint density at radius 3 is 2.38 bits per heavy atom. The Labute approximate surface area is 230 Å². The van der Waals surface area contributed by atoms with Gasteiger partial charge in [-0.2, -0.15) is 13.2 Å². The van der Waals surface area contributed by atoms with Crippen molar-refractivity contribution in [2.24, 2.45) is 0 Å². The number of nitrogens with one attached hydrogen (secondary N) is 1. The highest BCUT2D eigenvalue weighted by Gasteiger charge is 2.30. The number of hydrogen-bond donors (Lipinski definition) is 2. The maximum atomic E-state index is 12.3. The molecule has 0 atom stereocenters. The van der Waals surface area contributed by atoms with Gasteiger partial charge in [0.15, 0.2) is 0 Å². The molecule has 1 aliphatic heterocycles. The number of rotatable bonds is 7. The first-order valence-corrected chi connectivity index (χ1v) is 14.1. The molecule has 40 heavy (non-hydrogen) atoms. The Balaban J connectivity index is 1.31. The number of halogens is 3. The van der Waals surface area contributed by atoms with Crippen molar-refractivity contribution in [3.63, 3.8) is 0 Å². The van der Waals surface area contributed by atoms with Crippen molar-refractivity contribution in [3.8, 4) is 17.6 Å². The van der Waals surface area contributed by atoms with Gasteiger partial charge in [-0.3, -0.25) is 14.7 Å². The normalized spacial score (nSPS) is 14.3. The lowest BCUT2D eigenvalue weighted by Crippen LogP contribution is -2.46. The molecule has 1 aromatic heterocycles. The van der Waals surface area contributed by atoms with Gasteiger partial charge in [-0.1, -0.05) is 30.0 Å². The number of sulfonamides is 1. The number of pyridine rings is 1. The largest absolute Gasteiger partial charge is 0.506 e. The van der Waals surface area contributed by atoms with Crippen LogP contribution in [0.25, 0.3) is 0 Å². The molecule has 0 radical (unpaired) electrons. The van der Waals surface area contributed by atoms with Gasteiger partial charge in [-0.25, -0.2) is 13.1 Å². The molecule has 2 heterocycles. The fraction of sp³-hybridized carbons (Fsp3) is 0.286. The van der Waals surface area contributed by atoms with Crippen LogP contribution in [-0.4, -0.2) is 67.4 Å². The van der Waals surface area contributed by atoms with E-state index >= 15 is 0 Å². The minimum absolute atomic E-state index is 0.0391. The van der Waals surface area contributed by atoms with Crippen molar-refractivity contribution < 1.29 is 31.5 Å². The number of aromatic hydroxyl groups is 1. The van der Waals surface area contributed by atoms with Gasteiger partial charge < -0.3 is 10.0 Å². The first kappa shape index (κ1) is 28.9. The van der Waals surface area contributed by atoms with E-state index in [0.29, 0.717) is 12.1 Å². The fourth-order valence-electron chi connectivity index (χ4n) is 4.15. The molecule has 2 N–H and O–H groups in total. The molecule has 0 bridgehead atoms. The molecule has 4 rings (SSSR count). The van der Waals surface area contributed by atoms with Gasteiger partial charge in [0.2, 0.25) is 10.0 Å². The molecule has 0 spiro atoms. The quantitative estimate of drug-likeness (QED) is 0.418. The minimum Gasteiger partial charge on any atom is -0.506 e. The number of piperazine rings is 1. The molecule has 12 heteroatoms. The Hall–Kier alpha value is -4.08. The molecule has 0 saturated carbocycles. The summed E-state index contributed by atoms with van der Waals surface area (Å²) in [6, 6.07) is 15.7. The lowest BCUT2D eigenvalue weighted by atomic mass is 10.1. The van der Waals surface area contributed by atoms with Crippen LogP contribution in [0.5, 0.6) is 5.75 Å². The summed E-state index contributed by atoms with van der Waals surface area (Å²) in [5, 5.41) is 9.59. The molecule has 3 aromatic rings.